The van der Waals surface area contributed by atoms with E-state index in [-0.39, 0.29) is 39.2 Å². The molecule has 0 aliphatic carbocycles. The van der Waals surface area contributed by atoms with Gasteiger partial charge in [0.15, 0.2) is 9.84 Å². The number of carboxylic acid groups (broad SMARTS) is 1. The van der Waals surface area contributed by atoms with Gasteiger partial charge in [0.1, 0.15) is 11.6 Å². The van der Waals surface area contributed by atoms with Gasteiger partial charge in [0.05, 0.1) is 9.79 Å². The van der Waals surface area contributed by atoms with Gasteiger partial charge in [-0.1, -0.05) is 65.7 Å². The second-order valence-corrected chi connectivity index (χ2v) is 14.8. The SMILES string of the molecule is C[C@@]1(C(=O)N[C@@H](Cc2ccc(-c3ccccc3S(C)(=O)=O)cc2)C(=O)O)CCCN1S(=O)(=O)c1cc(Cl)cc(Cl)c1. The van der Waals surface area contributed by atoms with Crippen molar-refractivity contribution in [2.75, 3.05) is 12.8 Å². The normalized spacial score (nSPS) is 18.6. The Kier molecular flexibility index (Phi) is 8.87. The van der Waals surface area contributed by atoms with Crippen LogP contribution in [0.3, 0.4) is 0 Å². The van der Waals surface area contributed by atoms with E-state index in [9.17, 15) is 31.5 Å². The van der Waals surface area contributed by atoms with Gasteiger partial charge in [0.2, 0.25) is 15.9 Å². The monoisotopic (exact) mass is 638 g/mol. The molecule has 0 radical (unpaired) electrons. The minimum absolute atomic E-state index is 0.0601. The van der Waals surface area contributed by atoms with Crippen LogP contribution >= 0.6 is 23.2 Å². The van der Waals surface area contributed by atoms with E-state index in [0.717, 1.165) is 10.6 Å². The molecule has 1 saturated heterocycles. The van der Waals surface area contributed by atoms with Crippen molar-refractivity contribution < 1.29 is 31.5 Å². The van der Waals surface area contributed by atoms with Crippen LogP contribution in [0.1, 0.15) is 25.3 Å². The highest BCUT2D eigenvalue weighted by Gasteiger charge is 2.50. The van der Waals surface area contributed by atoms with Crippen LogP contribution in [0.5, 0.6) is 0 Å². The van der Waals surface area contributed by atoms with Crippen molar-refractivity contribution in [2.24, 2.45) is 0 Å². The summed E-state index contributed by atoms with van der Waals surface area (Å²) in [5.41, 5.74) is 0.181. The van der Waals surface area contributed by atoms with Gasteiger partial charge in [-0.15, -0.1) is 0 Å². The molecule has 218 valence electrons. The maximum atomic E-state index is 13.5. The molecule has 13 heteroatoms. The van der Waals surface area contributed by atoms with Crippen molar-refractivity contribution in [1.29, 1.82) is 0 Å². The number of nitrogens with zero attached hydrogens (tertiary/aromatic N) is 1. The maximum Gasteiger partial charge on any atom is 0.326 e. The van der Waals surface area contributed by atoms with Crippen molar-refractivity contribution >= 4 is 54.9 Å². The maximum absolute atomic E-state index is 13.5. The fourth-order valence-electron chi connectivity index (χ4n) is 4.95. The highest BCUT2D eigenvalue weighted by Crippen LogP contribution is 2.36. The Hall–Kier alpha value is -2.96. The molecule has 3 aromatic carbocycles. The molecule has 3 aromatic rings. The first kappa shape index (κ1) is 31.0. The molecule has 0 aromatic heterocycles. The molecule has 2 atom stereocenters. The Morgan fingerprint density at radius 3 is 2.20 bits per heavy atom. The number of benzene rings is 3. The van der Waals surface area contributed by atoms with Gasteiger partial charge < -0.3 is 10.4 Å². The topological polar surface area (TPSA) is 138 Å². The van der Waals surface area contributed by atoms with Crippen LogP contribution in [0.4, 0.5) is 0 Å². The molecule has 1 fully saturated rings. The van der Waals surface area contributed by atoms with Crippen molar-refractivity contribution in [1.82, 2.24) is 9.62 Å². The lowest BCUT2D eigenvalue weighted by Crippen LogP contribution is -2.58. The van der Waals surface area contributed by atoms with E-state index in [1.807, 2.05) is 0 Å². The quantitative estimate of drug-likeness (QED) is 0.354. The zero-order valence-corrected chi connectivity index (χ0v) is 25.3. The summed E-state index contributed by atoms with van der Waals surface area (Å²) in [6.45, 7) is 1.52. The minimum atomic E-state index is -4.18. The fraction of sp³-hybridized carbons (Fsp3) is 0.286. The molecule has 9 nitrogen and oxygen atoms in total. The smallest absolute Gasteiger partial charge is 0.326 e. The molecule has 0 unspecified atom stereocenters. The molecular formula is C28H28Cl2N2O7S2. The summed E-state index contributed by atoms with van der Waals surface area (Å²) >= 11 is 12.0. The van der Waals surface area contributed by atoms with Crippen molar-refractivity contribution in [3.05, 3.63) is 82.3 Å². The average Bonchev–Trinajstić information content (AvgIpc) is 3.31. The third kappa shape index (κ3) is 6.60. The summed E-state index contributed by atoms with van der Waals surface area (Å²) in [5, 5.41) is 12.7. The highest BCUT2D eigenvalue weighted by atomic mass is 35.5. The standard InChI is InChI=1S/C28H28Cl2N2O7S2/c1-28(12-5-13-32(28)41(38,39)22-16-20(29)15-21(30)17-22)27(35)31-24(26(33)34)14-18-8-10-19(11-9-18)23-6-3-4-7-25(23)40(2,36)37/h3-4,6-11,15-17,24H,5,12-14H2,1-2H3,(H,31,35)(H,33,34)/t24-,28-/m0/s1. The Morgan fingerprint density at radius 1 is 1.00 bits per heavy atom. The summed E-state index contributed by atoms with van der Waals surface area (Å²) in [6.07, 6.45) is 1.63. The van der Waals surface area contributed by atoms with Gasteiger partial charge >= 0.3 is 5.97 Å². The van der Waals surface area contributed by atoms with Crippen LogP contribution in [0.2, 0.25) is 10.0 Å². The van der Waals surface area contributed by atoms with Crippen LogP contribution < -0.4 is 5.32 Å². The van der Waals surface area contributed by atoms with Gasteiger partial charge in [-0.25, -0.2) is 21.6 Å². The predicted octanol–water partition coefficient (Wildman–Crippen LogP) is 4.42. The zero-order chi connectivity index (χ0) is 30.2. The van der Waals surface area contributed by atoms with Crippen LogP contribution in [0, 0.1) is 0 Å². The Labute approximate surface area is 249 Å². The second kappa shape index (κ2) is 11.7. The number of amides is 1. The van der Waals surface area contributed by atoms with E-state index < -0.39 is 43.3 Å². The van der Waals surface area contributed by atoms with Crippen LogP contribution in [-0.2, 0) is 35.9 Å². The van der Waals surface area contributed by atoms with Gasteiger partial charge in [-0.3, -0.25) is 4.79 Å². The summed E-state index contributed by atoms with van der Waals surface area (Å²) in [5.74, 6) is -2.03. The summed E-state index contributed by atoms with van der Waals surface area (Å²) in [4.78, 5) is 25.6. The first-order valence-electron chi connectivity index (χ1n) is 12.5. The molecular weight excluding hydrogens is 611 g/mol. The number of carboxylic acids is 1. The van der Waals surface area contributed by atoms with E-state index in [1.54, 1.807) is 42.5 Å². The second-order valence-electron chi connectivity index (χ2n) is 10.1. The first-order valence-corrected chi connectivity index (χ1v) is 16.6. The number of hydrogen-bond donors (Lipinski definition) is 2. The van der Waals surface area contributed by atoms with Gasteiger partial charge in [0.25, 0.3) is 0 Å². The zero-order valence-electron chi connectivity index (χ0n) is 22.2. The lowest BCUT2D eigenvalue weighted by Gasteiger charge is -2.34. The van der Waals surface area contributed by atoms with E-state index >= 15 is 0 Å². The number of sulfone groups is 1. The summed E-state index contributed by atoms with van der Waals surface area (Å²) in [6, 6.07) is 15.8. The summed E-state index contributed by atoms with van der Waals surface area (Å²) in [7, 11) is -7.65. The molecule has 2 N–H and O–H groups in total. The first-order chi connectivity index (χ1) is 19.1. The average molecular weight is 640 g/mol. The molecule has 0 bridgehead atoms. The highest BCUT2D eigenvalue weighted by molar-refractivity contribution is 7.90. The van der Waals surface area contributed by atoms with Crippen LogP contribution in [-0.4, -0.2) is 62.5 Å². The summed E-state index contributed by atoms with van der Waals surface area (Å²) < 4.78 is 52.4. The predicted molar refractivity (Wildman–Crippen MR) is 156 cm³/mol. The van der Waals surface area contributed by atoms with Crippen molar-refractivity contribution in [3.63, 3.8) is 0 Å². The van der Waals surface area contributed by atoms with E-state index in [4.69, 9.17) is 23.2 Å². The lowest BCUT2D eigenvalue weighted by molar-refractivity contribution is -0.143. The molecule has 1 aliphatic heterocycles. The van der Waals surface area contributed by atoms with E-state index in [1.165, 1.54) is 31.2 Å². The molecule has 0 saturated carbocycles. The molecule has 4 rings (SSSR count). The Morgan fingerprint density at radius 2 is 1.61 bits per heavy atom. The molecule has 41 heavy (non-hydrogen) atoms. The number of nitrogens with one attached hydrogen (secondary N) is 1. The number of carbonyl (C=O) groups is 2. The fourth-order valence-corrected chi connectivity index (χ4v) is 8.40. The lowest BCUT2D eigenvalue weighted by atomic mass is 9.97. The molecule has 0 spiro atoms. The van der Waals surface area contributed by atoms with Gasteiger partial charge in [-0.2, -0.15) is 4.31 Å². The van der Waals surface area contributed by atoms with Gasteiger partial charge in [-0.05, 0) is 55.2 Å². The number of halogens is 2. The number of sulfonamides is 1. The van der Waals surface area contributed by atoms with Crippen LogP contribution in [0.25, 0.3) is 11.1 Å². The minimum Gasteiger partial charge on any atom is -0.480 e. The number of hydrogen-bond acceptors (Lipinski definition) is 6. The Balaban J connectivity index is 1.55. The molecule has 1 amide bonds. The third-order valence-electron chi connectivity index (χ3n) is 7.08. The van der Waals surface area contributed by atoms with Crippen LogP contribution in [0.15, 0.2) is 76.5 Å². The molecule has 1 aliphatic rings. The van der Waals surface area contributed by atoms with E-state index in [0.29, 0.717) is 23.1 Å². The van der Waals surface area contributed by atoms with E-state index in [2.05, 4.69) is 5.32 Å². The number of aliphatic carboxylic acids is 1. The third-order valence-corrected chi connectivity index (χ3v) is 10.7. The van der Waals surface area contributed by atoms with Gasteiger partial charge in [0, 0.05) is 34.8 Å². The number of rotatable bonds is 9. The molecule has 1 heterocycles. The van der Waals surface area contributed by atoms with Crippen molar-refractivity contribution in [3.8, 4) is 11.1 Å². The van der Waals surface area contributed by atoms with Crippen molar-refractivity contribution in [2.45, 2.75) is 47.6 Å². The number of carbonyl (C=O) groups excluding carboxylic acids is 1. The Bertz CT molecular complexity index is 1690. The largest absolute Gasteiger partial charge is 0.480 e.